The molecule has 0 saturated carbocycles. The highest BCUT2D eigenvalue weighted by molar-refractivity contribution is 14.1. The van der Waals surface area contributed by atoms with Gasteiger partial charge in [0.1, 0.15) is 17.1 Å². The van der Waals surface area contributed by atoms with Crippen molar-refractivity contribution >= 4 is 63.5 Å². The smallest absolute Gasteiger partial charge is 0.270 e. The van der Waals surface area contributed by atoms with Crippen molar-refractivity contribution in [2.24, 2.45) is 0 Å². The molecule has 1 heterocycles. The molecule has 3 aromatic carbocycles. The zero-order valence-corrected chi connectivity index (χ0v) is 18.5. The predicted molar refractivity (Wildman–Crippen MR) is 128 cm³/mol. The zero-order chi connectivity index (χ0) is 21.1. The molecular weight excluding hydrogens is 511 g/mol. The van der Waals surface area contributed by atoms with E-state index in [4.69, 9.17) is 17.0 Å². The van der Waals surface area contributed by atoms with Gasteiger partial charge in [-0.1, -0.05) is 30.3 Å². The lowest BCUT2D eigenvalue weighted by atomic mass is 10.1. The van der Waals surface area contributed by atoms with Gasteiger partial charge in [-0.2, -0.15) is 0 Å². The molecule has 1 aliphatic heterocycles. The number of amides is 2. The Balaban J connectivity index is 1.60. The molecule has 1 N–H and O–H groups in total. The van der Waals surface area contributed by atoms with E-state index in [-0.39, 0.29) is 10.7 Å². The molecule has 1 fully saturated rings. The molecule has 0 aromatic heterocycles. The molecule has 30 heavy (non-hydrogen) atoms. The minimum absolute atomic E-state index is 0.0233. The standard InChI is InChI=1S/C23H15IN2O3S/c24-16-6-4-5-15(13-16)14-20-21(27)25-23(30)26(22(20)28)17-9-11-19(12-10-17)29-18-7-2-1-3-8-18/h1-14H,(H,25,27,30)/b20-14+. The second kappa shape index (κ2) is 8.76. The Morgan fingerprint density at radius 2 is 1.60 bits per heavy atom. The number of nitrogens with one attached hydrogen (secondary N) is 1. The van der Waals surface area contributed by atoms with Gasteiger partial charge in [-0.25, -0.2) is 0 Å². The Labute approximate surface area is 192 Å². The normalized spacial score (nSPS) is 15.3. The number of anilines is 1. The first kappa shape index (κ1) is 20.2. The lowest BCUT2D eigenvalue weighted by Crippen LogP contribution is -2.54. The van der Waals surface area contributed by atoms with Crippen molar-refractivity contribution in [2.75, 3.05) is 4.90 Å². The third kappa shape index (κ3) is 4.42. The van der Waals surface area contributed by atoms with Gasteiger partial charge in [0, 0.05) is 3.57 Å². The fourth-order valence-corrected chi connectivity index (χ4v) is 3.79. The van der Waals surface area contributed by atoms with Gasteiger partial charge >= 0.3 is 0 Å². The molecule has 1 aliphatic rings. The van der Waals surface area contributed by atoms with E-state index in [1.807, 2.05) is 54.6 Å². The van der Waals surface area contributed by atoms with Gasteiger partial charge in [-0.3, -0.25) is 19.8 Å². The number of rotatable bonds is 4. The highest BCUT2D eigenvalue weighted by Gasteiger charge is 2.34. The Morgan fingerprint density at radius 1 is 0.900 bits per heavy atom. The van der Waals surface area contributed by atoms with Crippen molar-refractivity contribution in [3.05, 3.63) is 93.6 Å². The van der Waals surface area contributed by atoms with Crippen molar-refractivity contribution in [3.63, 3.8) is 0 Å². The molecular formula is C23H15IN2O3S. The van der Waals surface area contributed by atoms with Crippen LogP contribution in [0.5, 0.6) is 11.5 Å². The Bertz CT molecular complexity index is 1160. The van der Waals surface area contributed by atoms with Crippen LogP contribution in [0.4, 0.5) is 5.69 Å². The first-order valence-electron chi connectivity index (χ1n) is 9.01. The van der Waals surface area contributed by atoms with Crippen molar-refractivity contribution in [2.45, 2.75) is 0 Å². The van der Waals surface area contributed by atoms with Gasteiger partial charge in [0.15, 0.2) is 5.11 Å². The first-order chi connectivity index (χ1) is 14.5. The van der Waals surface area contributed by atoms with Crippen LogP contribution in [-0.2, 0) is 9.59 Å². The van der Waals surface area contributed by atoms with Gasteiger partial charge in [-0.05, 0) is 95.0 Å². The van der Waals surface area contributed by atoms with Gasteiger partial charge in [0.25, 0.3) is 11.8 Å². The minimum Gasteiger partial charge on any atom is -0.457 e. The number of halogens is 1. The average Bonchev–Trinajstić information content (AvgIpc) is 2.73. The number of hydrogen-bond donors (Lipinski definition) is 1. The fourth-order valence-electron chi connectivity index (χ4n) is 2.94. The quantitative estimate of drug-likeness (QED) is 0.227. The Morgan fingerprint density at radius 3 is 2.30 bits per heavy atom. The van der Waals surface area contributed by atoms with E-state index >= 15 is 0 Å². The van der Waals surface area contributed by atoms with E-state index in [0.29, 0.717) is 17.2 Å². The van der Waals surface area contributed by atoms with Crippen LogP contribution in [0.2, 0.25) is 0 Å². The molecule has 1 saturated heterocycles. The number of carbonyl (C=O) groups is 2. The minimum atomic E-state index is -0.510. The summed E-state index contributed by atoms with van der Waals surface area (Å²) in [4.78, 5) is 26.8. The van der Waals surface area contributed by atoms with Crippen LogP contribution in [-0.4, -0.2) is 16.9 Å². The van der Waals surface area contributed by atoms with Gasteiger partial charge in [0.05, 0.1) is 5.69 Å². The summed E-state index contributed by atoms with van der Waals surface area (Å²) < 4.78 is 6.79. The van der Waals surface area contributed by atoms with Gasteiger partial charge < -0.3 is 4.74 Å². The van der Waals surface area contributed by atoms with Gasteiger partial charge in [0.2, 0.25) is 0 Å². The third-order valence-electron chi connectivity index (χ3n) is 4.34. The SMILES string of the molecule is O=C1NC(=S)N(c2ccc(Oc3ccccc3)cc2)C(=O)/C1=C/c1cccc(I)c1. The molecule has 0 radical (unpaired) electrons. The maximum absolute atomic E-state index is 13.1. The number of para-hydroxylation sites is 1. The highest BCUT2D eigenvalue weighted by Crippen LogP contribution is 2.27. The van der Waals surface area contributed by atoms with Crippen LogP contribution in [0.1, 0.15) is 5.56 Å². The number of thiocarbonyl (C=S) groups is 1. The number of hydrogen-bond acceptors (Lipinski definition) is 4. The number of benzene rings is 3. The van der Waals surface area contributed by atoms with Crippen LogP contribution >= 0.6 is 34.8 Å². The molecule has 2 amide bonds. The number of ether oxygens (including phenoxy) is 1. The van der Waals surface area contributed by atoms with E-state index in [0.717, 1.165) is 9.13 Å². The summed E-state index contributed by atoms with van der Waals surface area (Å²) in [5, 5.41) is 2.64. The summed E-state index contributed by atoms with van der Waals surface area (Å²) in [7, 11) is 0. The second-order valence-electron chi connectivity index (χ2n) is 6.42. The summed E-state index contributed by atoms with van der Waals surface area (Å²) in [5.41, 5.74) is 1.33. The Hall–Kier alpha value is -3.04. The molecule has 5 nitrogen and oxygen atoms in total. The van der Waals surface area contributed by atoms with Crippen LogP contribution in [0.15, 0.2) is 84.4 Å². The molecule has 0 aliphatic carbocycles. The fraction of sp³-hybridized carbons (Fsp3) is 0. The maximum atomic E-state index is 13.1. The van der Waals surface area contributed by atoms with Crippen molar-refractivity contribution < 1.29 is 14.3 Å². The van der Waals surface area contributed by atoms with Crippen LogP contribution in [0.3, 0.4) is 0 Å². The topological polar surface area (TPSA) is 58.6 Å². The van der Waals surface area contributed by atoms with Crippen LogP contribution < -0.4 is 15.0 Å². The summed E-state index contributed by atoms with van der Waals surface area (Å²) in [5.74, 6) is 0.354. The summed E-state index contributed by atoms with van der Waals surface area (Å²) in [6, 6.07) is 23.9. The van der Waals surface area contributed by atoms with E-state index in [1.54, 1.807) is 30.3 Å². The van der Waals surface area contributed by atoms with E-state index in [2.05, 4.69) is 27.9 Å². The zero-order valence-electron chi connectivity index (χ0n) is 15.5. The average molecular weight is 526 g/mol. The predicted octanol–water partition coefficient (Wildman–Crippen LogP) is 4.91. The first-order valence-corrected chi connectivity index (χ1v) is 10.5. The second-order valence-corrected chi connectivity index (χ2v) is 8.05. The highest BCUT2D eigenvalue weighted by atomic mass is 127. The molecule has 0 unspecified atom stereocenters. The van der Waals surface area contributed by atoms with Crippen molar-refractivity contribution in [1.29, 1.82) is 0 Å². The Kier molecular flexibility index (Phi) is 5.91. The van der Waals surface area contributed by atoms with Crippen molar-refractivity contribution in [1.82, 2.24) is 5.32 Å². The summed E-state index contributed by atoms with van der Waals surface area (Å²) >= 11 is 7.43. The lowest BCUT2D eigenvalue weighted by molar-refractivity contribution is -0.122. The number of nitrogens with zero attached hydrogens (tertiary/aromatic N) is 1. The molecule has 0 bridgehead atoms. The molecule has 0 spiro atoms. The molecule has 7 heteroatoms. The monoisotopic (exact) mass is 526 g/mol. The van der Waals surface area contributed by atoms with Gasteiger partial charge in [-0.15, -0.1) is 0 Å². The lowest BCUT2D eigenvalue weighted by Gasteiger charge is -2.29. The third-order valence-corrected chi connectivity index (χ3v) is 5.29. The molecule has 3 aromatic rings. The van der Waals surface area contributed by atoms with E-state index in [9.17, 15) is 9.59 Å². The van der Waals surface area contributed by atoms with E-state index in [1.165, 1.54) is 4.90 Å². The molecule has 4 rings (SSSR count). The van der Waals surface area contributed by atoms with Crippen LogP contribution in [0.25, 0.3) is 6.08 Å². The maximum Gasteiger partial charge on any atom is 0.270 e. The van der Waals surface area contributed by atoms with Crippen molar-refractivity contribution in [3.8, 4) is 11.5 Å². The van der Waals surface area contributed by atoms with E-state index < -0.39 is 11.8 Å². The number of carbonyl (C=O) groups excluding carboxylic acids is 2. The molecule has 148 valence electrons. The summed E-state index contributed by atoms with van der Waals surface area (Å²) in [6.45, 7) is 0. The summed E-state index contributed by atoms with van der Waals surface area (Å²) in [6.07, 6.45) is 1.57. The largest absolute Gasteiger partial charge is 0.457 e. The van der Waals surface area contributed by atoms with Crippen LogP contribution in [0, 0.1) is 3.57 Å². The molecule has 0 atom stereocenters.